The van der Waals surface area contributed by atoms with Crippen molar-refractivity contribution in [1.82, 2.24) is 4.90 Å². The molecule has 1 aliphatic heterocycles. The largest absolute Gasteiger partial charge is 0.466 e. The van der Waals surface area contributed by atoms with Gasteiger partial charge in [0.1, 0.15) is 5.60 Å². The van der Waals surface area contributed by atoms with Gasteiger partial charge in [-0.25, -0.2) is 0 Å². The van der Waals surface area contributed by atoms with E-state index in [-0.39, 0.29) is 26.2 Å². The van der Waals surface area contributed by atoms with Crippen molar-refractivity contribution in [2.75, 3.05) is 26.2 Å². The minimum Gasteiger partial charge on any atom is -0.466 e. The first-order valence-electron chi connectivity index (χ1n) is 7.59. The minimum atomic E-state index is -4.36. The summed E-state index contributed by atoms with van der Waals surface area (Å²) in [6, 6.07) is 0. The predicted octanol–water partition coefficient (Wildman–Crippen LogP) is 2.39. The van der Waals surface area contributed by atoms with Gasteiger partial charge in [0.15, 0.2) is 0 Å². The van der Waals surface area contributed by atoms with Crippen LogP contribution in [0.3, 0.4) is 0 Å². The molecule has 0 aromatic heterocycles. The number of carbonyl (C=O) groups excluding carboxylic acids is 2. The lowest BCUT2D eigenvalue weighted by molar-refractivity contribution is -0.158. The first-order chi connectivity index (χ1) is 10.4. The monoisotopic (exact) mass is 339 g/mol. The van der Waals surface area contributed by atoms with Gasteiger partial charge >= 0.3 is 18.1 Å². The molecule has 0 amide bonds. The number of carbonyl (C=O) groups is 2. The zero-order chi connectivity index (χ0) is 17.8. The molecule has 0 aromatic rings. The molecule has 1 saturated heterocycles. The molecule has 0 aromatic carbocycles. The van der Waals surface area contributed by atoms with E-state index in [4.69, 9.17) is 9.47 Å². The fourth-order valence-electron chi connectivity index (χ4n) is 2.67. The van der Waals surface area contributed by atoms with Gasteiger partial charge in [-0.2, -0.15) is 13.2 Å². The molecule has 23 heavy (non-hydrogen) atoms. The van der Waals surface area contributed by atoms with Gasteiger partial charge in [0.25, 0.3) is 0 Å². The van der Waals surface area contributed by atoms with Crippen LogP contribution in [0.15, 0.2) is 0 Å². The lowest BCUT2D eigenvalue weighted by atomic mass is 9.93. The highest BCUT2D eigenvalue weighted by Crippen LogP contribution is 2.34. The van der Waals surface area contributed by atoms with Crippen LogP contribution in [-0.4, -0.2) is 54.9 Å². The maximum Gasteiger partial charge on any atom is 0.389 e. The Morgan fingerprint density at radius 2 is 1.78 bits per heavy atom. The number of hydrogen-bond acceptors (Lipinski definition) is 5. The summed E-state index contributed by atoms with van der Waals surface area (Å²) in [7, 11) is 0. The summed E-state index contributed by atoms with van der Waals surface area (Å²) < 4.78 is 48.1. The smallest absolute Gasteiger partial charge is 0.389 e. The number of likely N-dealkylation sites (tertiary alicyclic amines) is 1. The standard InChI is InChI=1S/C15H24F3NO4/c1-5-22-13(21)11-8-19(7-10(11)6-15(16,17)18)9-12(20)23-14(2,3)4/h10-11H,5-9H2,1-4H3/t10-,11-/m1/s1. The Kier molecular flexibility index (Phi) is 6.44. The molecule has 0 unspecified atom stereocenters. The number of halogens is 3. The van der Waals surface area contributed by atoms with Crippen LogP contribution in [0, 0.1) is 11.8 Å². The summed E-state index contributed by atoms with van der Waals surface area (Å²) in [6.45, 7) is 6.79. The maximum atomic E-state index is 12.7. The van der Waals surface area contributed by atoms with E-state index < -0.39 is 42.0 Å². The molecule has 1 aliphatic rings. The van der Waals surface area contributed by atoms with Crippen molar-refractivity contribution in [2.45, 2.75) is 45.9 Å². The highest BCUT2D eigenvalue weighted by Gasteiger charge is 2.44. The van der Waals surface area contributed by atoms with Crippen molar-refractivity contribution in [1.29, 1.82) is 0 Å². The topological polar surface area (TPSA) is 55.8 Å². The third-order valence-electron chi connectivity index (χ3n) is 3.37. The molecule has 2 atom stereocenters. The summed E-state index contributed by atoms with van der Waals surface area (Å²) in [5, 5.41) is 0. The van der Waals surface area contributed by atoms with E-state index >= 15 is 0 Å². The van der Waals surface area contributed by atoms with Crippen LogP contribution in [0.25, 0.3) is 0 Å². The average molecular weight is 339 g/mol. The van der Waals surface area contributed by atoms with E-state index in [0.717, 1.165) is 0 Å². The highest BCUT2D eigenvalue weighted by molar-refractivity contribution is 5.75. The van der Waals surface area contributed by atoms with Crippen molar-refractivity contribution >= 4 is 11.9 Å². The predicted molar refractivity (Wildman–Crippen MR) is 76.6 cm³/mol. The lowest BCUT2D eigenvalue weighted by Gasteiger charge is -2.22. The molecule has 8 heteroatoms. The summed E-state index contributed by atoms with van der Waals surface area (Å²) >= 11 is 0. The minimum absolute atomic E-state index is 0.0161. The fourth-order valence-corrected chi connectivity index (χ4v) is 2.67. The Balaban J connectivity index is 2.71. The normalized spacial score (nSPS) is 22.9. The van der Waals surface area contributed by atoms with Crippen molar-refractivity contribution < 1.29 is 32.2 Å². The van der Waals surface area contributed by atoms with E-state index in [0.29, 0.717) is 0 Å². The molecule has 134 valence electrons. The number of rotatable bonds is 5. The van der Waals surface area contributed by atoms with Gasteiger partial charge in [0.2, 0.25) is 0 Å². The first kappa shape index (κ1) is 19.7. The summed E-state index contributed by atoms with van der Waals surface area (Å²) in [5.74, 6) is -2.95. The van der Waals surface area contributed by atoms with Crippen molar-refractivity contribution in [3.05, 3.63) is 0 Å². The molecule has 1 rings (SSSR count). The van der Waals surface area contributed by atoms with Gasteiger partial charge in [-0.3, -0.25) is 14.5 Å². The van der Waals surface area contributed by atoms with Crippen LogP contribution in [0.4, 0.5) is 13.2 Å². The molecular formula is C15H24F3NO4. The third kappa shape index (κ3) is 7.20. The average Bonchev–Trinajstić information content (AvgIpc) is 2.66. The molecule has 5 nitrogen and oxygen atoms in total. The van der Waals surface area contributed by atoms with E-state index in [1.807, 2.05) is 0 Å². The lowest BCUT2D eigenvalue weighted by Crippen LogP contribution is -2.34. The second-order valence-corrected chi connectivity index (χ2v) is 6.72. The van der Waals surface area contributed by atoms with Crippen molar-refractivity contribution in [2.24, 2.45) is 11.8 Å². The van der Waals surface area contributed by atoms with E-state index in [1.165, 1.54) is 4.90 Å². The van der Waals surface area contributed by atoms with Gasteiger partial charge in [0.05, 0.1) is 19.1 Å². The number of ether oxygens (including phenoxy) is 2. The van der Waals surface area contributed by atoms with Crippen LogP contribution in [0.5, 0.6) is 0 Å². The number of alkyl halides is 3. The quantitative estimate of drug-likeness (QED) is 0.720. The summed E-state index contributed by atoms with van der Waals surface area (Å²) in [4.78, 5) is 25.2. The van der Waals surface area contributed by atoms with Gasteiger partial charge in [0, 0.05) is 19.5 Å². The Morgan fingerprint density at radius 1 is 1.17 bits per heavy atom. The zero-order valence-corrected chi connectivity index (χ0v) is 13.9. The number of esters is 2. The molecule has 0 radical (unpaired) electrons. The van der Waals surface area contributed by atoms with Gasteiger partial charge in [-0.15, -0.1) is 0 Å². The summed E-state index contributed by atoms with van der Waals surface area (Å²) in [6.07, 6.45) is -5.43. The molecule has 0 bridgehead atoms. The maximum absolute atomic E-state index is 12.7. The SMILES string of the molecule is CCOC(=O)[C@@H]1CN(CC(=O)OC(C)(C)C)C[C@H]1CC(F)(F)F. The fraction of sp³-hybridized carbons (Fsp3) is 0.867. The van der Waals surface area contributed by atoms with Crippen LogP contribution in [-0.2, 0) is 19.1 Å². The van der Waals surface area contributed by atoms with Crippen molar-refractivity contribution in [3.8, 4) is 0 Å². The van der Waals surface area contributed by atoms with Crippen LogP contribution >= 0.6 is 0 Å². The number of nitrogens with zero attached hydrogens (tertiary/aromatic N) is 1. The Bertz CT molecular complexity index is 431. The molecule has 1 fully saturated rings. The molecule has 1 heterocycles. The third-order valence-corrected chi connectivity index (χ3v) is 3.37. The van der Waals surface area contributed by atoms with Crippen LogP contribution < -0.4 is 0 Å². The second kappa shape index (κ2) is 7.51. The molecule has 0 aliphatic carbocycles. The van der Waals surface area contributed by atoms with Gasteiger partial charge < -0.3 is 9.47 Å². The molecular weight excluding hydrogens is 315 g/mol. The number of hydrogen-bond donors (Lipinski definition) is 0. The first-order valence-corrected chi connectivity index (χ1v) is 7.59. The van der Waals surface area contributed by atoms with Crippen LogP contribution in [0.1, 0.15) is 34.1 Å². The van der Waals surface area contributed by atoms with E-state index in [2.05, 4.69) is 0 Å². The highest BCUT2D eigenvalue weighted by atomic mass is 19.4. The van der Waals surface area contributed by atoms with Gasteiger partial charge in [-0.1, -0.05) is 0 Å². The van der Waals surface area contributed by atoms with Crippen LogP contribution in [0.2, 0.25) is 0 Å². The molecule has 0 saturated carbocycles. The Morgan fingerprint density at radius 3 is 2.26 bits per heavy atom. The van der Waals surface area contributed by atoms with E-state index in [9.17, 15) is 22.8 Å². The Hall–Kier alpha value is -1.31. The zero-order valence-electron chi connectivity index (χ0n) is 13.9. The van der Waals surface area contributed by atoms with E-state index in [1.54, 1.807) is 27.7 Å². The van der Waals surface area contributed by atoms with Gasteiger partial charge in [-0.05, 0) is 33.6 Å². The Labute approximate surface area is 134 Å². The molecule has 0 spiro atoms. The molecule has 0 N–H and O–H groups in total. The second-order valence-electron chi connectivity index (χ2n) is 6.72. The summed E-state index contributed by atoms with van der Waals surface area (Å²) in [5.41, 5.74) is -0.664. The van der Waals surface area contributed by atoms with Crippen molar-refractivity contribution in [3.63, 3.8) is 0 Å².